The third kappa shape index (κ3) is 3.32. The first-order valence-corrected chi connectivity index (χ1v) is 9.00. The van der Waals surface area contributed by atoms with Gasteiger partial charge in [-0.05, 0) is 24.1 Å². The number of pyridine rings is 1. The highest BCUT2D eigenvalue weighted by atomic mass is 35.5. The molecule has 0 bridgehead atoms. The molecule has 0 radical (unpaired) electrons. The highest BCUT2D eigenvalue weighted by Crippen LogP contribution is 2.41. The van der Waals surface area contributed by atoms with Crippen LogP contribution in [0.25, 0.3) is 0 Å². The number of fused-ring (bicyclic) bond motifs is 1. The van der Waals surface area contributed by atoms with Gasteiger partial charge in [-0.2, -0.15) is 0 Å². The van der Waals surface area contributed by atoms with Crippen LogP contribution in [-0.4, -0.2) is 17.6 Å². The molecule has 1 atom stereocenters. The zero-order valence-electron chi connectivity index (χ0n) is 15.4. The Morgan fingerprint density at radius 1 is 1.37 bits per heavy atom. The van der Waals surface area contributed by atoms with Gasteiger partial charge in [0.15, 0.2) is 0 Å². The van der Waals surface area contributed by atoms with Gasteiger partial charge in [0.2, 0.25) is 5.88 Å². The standard InChI is InChI=1S/C20H21ClN2O4/c1-4-6-13-10-14-16(19(24)23(13)2)15(11-7-5-8-12(21)9-11)17(18(22)27-14)20(25)26-3/h5,7-10,15H,4,6,22H2,1-3H3. The van der Waals surface area contributed by atoms with Gasteiger partial charge in [-0.15, -0.1) is 0 Å². The highest BCUT2D eigenvalue weighted by molar-refractivity contribution is 6.30. The van der Waals surface area contributed by atoms with Crippen molar-refractivity contribution in [2.45, 2.75) is 25.7 Å². The van der Waals surface area contributed by atoms with E-state index in [0.717, 1.165) is 18.5 Å². The van der Waals surface area contributed by atoms with E-state index in [4.69, 9.17) is 26.8 Å². The van der Waals surface area contributed by atoms with Crippen LogP contribution in [0.5, 0.6) is 5.75 Å². The largest absolute Gasteiger partial charge is 0.465 e. The number of rotatable bonds is 4. The number of methoxy groups -OCH3 is 1. The Balaban J connectivity index is 2.32. The summed E-state index contributed by atoms with van der Waals surface area (Å²) in [6.45, 7) is 2.03. The maximum Gasteiger partial charge on any atom is 0.340 e. The lowest BCUT2D eigenvalue weighted by atomic mass is 9.83. The molecule has 1 aromatic heterocycles. The minimum absolute atomic E-state index is 0.0740. The van der Waals surface area contributed by atoms with Crippen LogP contribution in [0.4, 0.5) is 0 Å². The van der Waals surface area contributed by atoms with Crippen LogP contribution < -0.4 is 16.0 Å². The lowest BCUT2D eigenvalue weighted by Gasteiger charge is -2.28. The van der Waals surface area contributed by atoms with Crippen molar-refractivity contribution in [2.24, 2.45) is 12.8 Å². The van der Waals surface area contributed by atoms with Gasteiger partial charge in [-0.1, -0.05) is 37.1 Å². The first kappa shape index (κ1) is 19.0. The van der Waals surface area contributed by atoms with Crippen LogP contribution in [0.3, 0.4) is 0 Å². The summed E-state index contributed by atoms with van der Waals surface area (Å²) in [5.41, 5.74) is 7.75. The minimum Gasteiger partial charge on any atom is -0.465 e. The second-order valence-electron chi connectivity index (χ2n) is 6.39. The molecule has 27 heavy (non-hydrogen) atoms. The van der Waals surface area contributed by atoms with Gasteiger partial charge in [0.05, 0.1) is 18.6 Å². The molecule has 2 aromatic rings. The Labute approximate surface area is 162 Å². The fourth-order valence-corrected chi connectivity index (χ4v) is 3.60. The second-order valence-corrected chi connectivity index (χ2v) is 6.82. The molecule has 0 aliphatic carbocycles. The average molecular weight is 389 g/mol. The summed E-state index contributed by atoms with van der Waals surface area (Å²) < 4.78 is 12.2. The number of carbonyl (C=O) groups excluding carboxylic acids is 1. The number of esters is 1. The molecule has 1 aliphatic rings. The maximum absolute atomic E-state index is 13.2. The number of hydrogen-bond acceptors (Lipinski definition) is 5. The minimum atomic E-state index is -0.728. The molecule has 0 fully saturated rings. The van der Waals surface area contributed by atoms with Crippen molar-refractivity contribution in [1.82, 2.24) is 4.57 Å². The Morgan fingerprint density at radius 2 is 2.11 bits per heavy atom. The van der Waals surface area contributed by atoms with Crippen molar-refractivity contribution < 1.29 is 14.3 Å². The number of benzene rings is 1. The van der Waals surface area contributed by atoms with Gasteiger partial charge in [0.1, 0.15) is 11.3 Å². The fraction of sp³-hybridized carbons (Fsp3) is 0.300. The van der Waals surface area contributed by atoms with E-state index in [9.17, 15) is 9.59 Å². The van der Waals surface area contributed by atoms with E-state index in [1.807, 2.05) is 6.92 Å². The van der Waals surface area contributed by atoms with E-state index >= 15 is 0 Å². The normalized spacial score (nSPS) is 15.9. The summed E-state index contributed by atoms with van der Waals surface area (Å²) in [5, 5.41) is 0.489. The van der Waals surface area contributed by atoms with Gasteiger partial charge >= 0.3 is 5.97 Å². The Kier molecular flexibility index (Phi) is 5.28. The Hall–Kier alpha value is -2.73. The Bertz CT molecular complexity index is 994. The number of hydrogen-bond donors (Lipinski definition) is 1. The molecule has 3 rings (SSSR count). The highest BCUT2D eigenvalue weighted by Gasteiger charge is 2.38. The van der Waals surface area contributed by atoms with Gasteiger partial charge in [0.25, 0.3) is 5.56 Å². The molecule has 6 nitrogen and oxygen atoms in total. The van der Waals surface area contributed by atoms with E-state index in [-0.39, 0.29) is 17.0 Å². The molecular formula is C20H21ClN2O4. The van der Waals surface area contributed by atoms with Crippen LogP contribution in [0.15, 0.2) is 46.6 Å². The smallest absolute Gasteiger partial charge is 0.340 e. The third-order valence-corrected chi connectivity index (χ3v) is 4.92. The van der Waals surface area contributed by atoms with Crippen molar-refractivity contribution in [2.75, 3.05) is 7.11 Å². The lowest BCUT2D eigenvalue weighted by molar-refractivity contribution is -0.136. The summed E-state index contributed by atoms with van der Waals surface area (Å²) in [7, 11) is 2.97. The number of aryl methyl sites for hydroxylation is 1. The molecule has 2 heterocycles. The number of nitrogens with two attached hydrogens (primary N) is 1. The maximum atomic E-state index is 13.2. The summed E-state index contributed by atoms with van der Waals surface area (Å²) in [6, 6.07) is 8.78. The summed E-state index contributed by atoms with van der Waals surface area (Å²) in [6.07, 6.45) is 1.60. The summed E-state index contributed by atoms with van der Waals surface area (Å²) in [4.78, 5) is 25.6. The van der Waals surface area contributed by atoms with Crippen LogP contribution in [-0.2, 0) is 23.0 Å². The second kappa shape index (κ2) is 7.48. The van der Waals surface area contributed by atoms with Gasteiger partial charge < -0.3 is 19.8 Å². The van der Waals surface area contributed by atoms with Crippen LogP contribution in [0.1, 0.15) is 36.1 Å². The van der Waals surface area contributed by atoms with Crippen molar-refractivity contribution >= 4 is 17.6 Å². The number of carbonyl (C=O) groups is 1. The van der Waals surface area contributed by atoms with Gasteiger partial charge in [-0.25, -0.2) is 4.79 Å². The zero-order chi connectivity index (χ0) is 19.7. The topological polar surface area (TPSA) is 83.5 Å². The zero-order valence-corrected chi connectivity index (χ0v) is 16.2. The average Bonchev–Trinajstić information content (AvgIpc) is 2.64. The molecule has 2 N–H and O–H groups in total. The molecule has 1 unspecified atom stereocenters. The van der Waals surface area contributed by atoms with Crippen molar-refractivity contribution in [1.29, 1.82) is 0 Å². The quantitative estimate of drug-likeness (QED) is 0.814. The van der Waals surface area contributed by atoms with Crippen LogP contribution in [0, 0.1) is 0 Å². The van der Waals surface area contributed by atoms with Crippen molar-refractivity contribution in [3.63, 3.8) is 0 Å². The first-order chi connectivity index (χ1) is 12.9. The molecule has 0 amide bonds. The van der Waals surface area contributed by atoms with E-state index in [1.165, 1.54) is 7.11 Å². The molecule has 142 valence electrons. The first-order valence-electron chi connectivity index (χ1n) is 8.63. The third-order valence-electron chi connectivity index (χ3n) is 4.69. The predicted octanol–water partition coefficient (Wildman–Crippen LogP) is 2.86. The van der Waals surface area contributed by atoms with Crippen molar-refractivity contribution in [3.8, 4) is 5.75 Å². The fourth-order valence-electron chi connectivity index (χ4n) is 3.40. The summed E-state index contributed by atoms with van der Waals surface area (Å²) >= 11 is 6.15. The monoisotopic (exact) mass is 388 g/mol. The van der Waals surface area contributed by atoms with E-state index in [0.29, 0.717) is 21.9 Å². The SMILES string of the molecule is CCCc1cc2c(c(=O)n1C)C(c1cccc(Cl)c1)C(C(=O)OC)=C(N)O2. The van der Waals surface area contributed by atoms with E-state index in [1.54, 1.807) is 41.9 Å². The number of halogens is 1. The predicted molar refractivity (Wildman–Crippen MR) is 103 cm³/mol. The van der Waals surface area contributed by atoms with Gasteiger partial charge in [0, 0.05) is 23.8 Å². The molecule has 0 saturated carbocycles. The molecule has 7 heteroatoms. The molecule has 1 aliphatic heterocycles. The molecule has 0 spiro atoms. The van der Waals surface area contributed by atoms with E-state index in [2.05, 4.69) is 0 Å². The molecule has 0 saturated heterocycles. The lowest BCUT2D eigenvalue weighted by Crippen LogP contribution is -2.34. The molecular weight excluding hydrogens is 368 g/mol. The van der Waals surface area contributed by atoms with E-state index < -0.39 is 11.9 Å². The number of aromatic nitrogens is 1. The van der Waals surface area contributed by atoms with Crippen LogP contribution >= 0.6 is 11.6 Å². The van der Waals surface area contributed by atoms with Crippen molar-refractivity contribution in [3.05, 3.63) is 74.0 Å². The molecule has 1 aromatic carbocycles. The van der Waals surface area contributed by atoms with Crippen LogP contribution in [0.2, 0.25) is 5.02 Å². The Morgan fingerprint density at radius 3 is 2.74 bits per heavy atom. The summed E-state index contributed by atoms with van der Waals surface area (Å²) in [5.74, 6) is -1.09. The number of ether oxygens (including phenoxy) is 2. The number of nitrogens with zero attached hydrogens (tertiary/aromatic N) is 1. The van der Waals surface area contributed by atoms with Gasteiger partial charge in [-0.3, -0.25) is 4.79 Å².